The zero-order valence-corrected chi connectivity index (χ0v) is 20.1. The number of amides is 1. The van der Waals surface area contributed by atoms with Crippen LogP contribution in [-0.4, -0.2) is 52.4 Å². The highest BCUT2D eigenvalue weighted by molar-refractivity contribution is 7.99. The van der Waals surface area contributed by atoms with Crippen molar-refractivity contribution in [3.63, 3.8) is 0 Å². The summed E-state index contributed by atoms with van der Waals surface area (Å²) in [5.41, 5.74) is 1.88. The minimum Gasteiger partial charge on any atom is -0.378 e. The maximum absolute atomic E-state index is 12.6. The molecule has 4 rings (SSSR count). The van der Waals surface area contributed by atoms with E-state index in [1.807, 2.05) is 32.9 Å². The number of carbonyl (C=O) groups is 1. The topological polar surface area (TPSA) is 100 Å². The minimum absolute atomic E-state index is 0.0500. The lowest BCUT2D eigenvalue weighted by molar-refractivity contribution is -0.120. The number of ether oxygens (including phenoxy) is 1. The summed E-state index contributed by atoms with van der Waals surface area (Å²) in [7, 11) is 0. The molecule has 0 saturated carbocycles. The number of thiophene rings is 1. The summed E-state index contributed by atoms with van der Waals surface area (Å²) < 4.78 is 5.39. The molecule has 0 radical (unpaired) electrons. The first-order valence-electron chi connectivity index (χ1n) is 10.6. The first-order chi connectivity index (χ1) is 15.4. The molecule has 0 aliphatic carbocycles. The van der Waals surface area contributed by atoms with Gasteiger partial charge in [-0.15, -0.1) is 23.1 Å². The fraction of sp³-hybridized carbons (Fsp3) is 0.455. The van der Waals surface area contributed by atoms with Crippen LogP contribution in [-0.2, 0) is 21.8 Å². The van der Waals surface area contributed by atoms with E-state index in [1.165, 1.54) is 23.1 Å². The predicted molar refractivity (Wildman–Crippen MR) is 130 cm³/mol. The zero-order valence-electron chi connectivity index (χ0n) is 18.4. The number of hydrogen-bond donors (Lipinski definition) is 2. The van der Waals surface area contributed by atoms with E-state index in [2.05, 4.69) is 25.2 Å². The van der Waals surface area contributed by atoms with Crippen LogP contribution in [0.1, 0.15) is 28.8 Å². The van der Waals surface area contributed by atoms with Gasteiger partial charge in [-0.25, -0.2) is 9.97 Å². The maximum Gasteiger partial charge on any atom is 0.259 e. The highest BCUT2D eigenvalue weighted by Gasteiger charge is 2.17. The van der Waals surface area contributed by atoms with Crippen LogP contribution in [0.2, 0.25) is 0 Å². The number of aryl methyl sites for hydroxylation is 2. The molecule has 1 aliphatic rings. The van der Waals surface area contributed by atoms with Gasteiger partial charge in [-0.05, 0) is 44.0 Å². The van der Waals surface area contributed by atoms with E-state index >= 15 is 0 Å². The van der Waals surface area contributed by atoms with Crippen molar-refractivity contribution in [1.82, 2.24) is 20.3 Å². The van der Waals surface area contributed by atoms with E-state index in [4.69, 9.17) is 4.74 Å². The number of anilines is 1. The molecule has 1 amide bonds. The normalized spacial score (nSPS) is 15.2. The zero-order chi connectivity index (χ0) is 22.7. The monoisotopic (exact) mass is 473 g/mol. The van der Waals surface area contributed by atoms with E-state index in [0.717, 1.165) is 39.7 Å². The molecular weight excluding hydrogens is 446 g/mol. The van der Waals surface area contributed by atoms with E-state index in [0.29, 0.717) is 36.7 Å². The molecular formula is C22H27N5O3S2. The summed E-state index contributed by atoms with van der Waals surface area (Å²) in [6.45, 7) is 9.30. The molecule has 2 N–H and O–H groups in total. The van der Waals surface area contributed by atoms with Crippen LogP contribution in [0.15, 0.2) is 23.1 Å². The Bertz CT molecular complexity index is 1170. The molecule has 4 heterocycles. The third-order valence-corrected chi connectivity index (χ3v) is 7.79. The summed E-state index contributed by atoms with van der Waals surface area (Å²) in [5, 5.41) is 3.39. The lowest BCUT2D eigenvalue weighted by atomic mass is 10.2. The van der Waals surface area contributed by atoms with Gasteiger partial charge in [0.25, 0.3) is 5.56 Å². The van der Waals surface area contributed by atoms with Gasteiger partial charge in [-0.1, -0.05) is 0 Å². The number of rotatable bonds is 7. The average Bonchev–Trinajstić information content (AvgIpc) is 3.10. The number of nitrogens with zero attached hydrogens (tertiary/aromatic N) is 3. The van der Waals surface area contributed by atoms with E-state index in [1.54, 1.807) is 6.20 Å². The van der Waals surface area contributed by atoms with Crippen molar-refractivity contribution in [3.05, 3.63) is 50.5 Å². The highest BCUT2D eigenvalue weighted by Crippen LogP contribution is 2.26. The van der Waals surface area contributed by atoms with Crippen LogP contribution < -0.4 is 15.8 Å². The number of H-pyrrole nitrogens is 1. The maximum atomic E-state index is 12.6. The van der Waals surface area contributed by atoms with Gasteiger partial charge in [0.15, 0.2) is 0 Å². The number of thioether (sulfide) groups is 1. The summed E-state index contributed by atoms with van der Waals surface area (Å²) >= 11 is 2.98. The molecule has 1 aliphatic heterocycles. The van der Waals surface area contributed by atoms with Crippen molar-refractivity contribution < 1.29 is 9.53 Å². The van der Waals surface area contributed by atoms with Gasteiger partial charge in [0.05, 0.1) is 29.6 Å². The number of fused-ring (bicyclic) bond motifs is 1. The highest BCUT2D eigenvalue weighted by atomic mass is 32.2. The van der Waals surface area contributed by atoms with Crippen LogP contribution in [0, 0.1) is 13.8 Å². The Morgan fingerprint density at radius 3 is 2.94 bits per heavy atom. The van der Waals surface area contributed by atoms with Gasteiger partial charge in [0, 0.05) is 30.7 Å². The molecule has 170 valence electrons. The molecule has 8 nitrogen and oxygen atoms in total. The summed E-state index contributed by atoms with van der Waals surface area (Å²) in [5.74, 6) is 1.92. The molecule has 1 fully saturated rings. The number of carbonyl (C=O) groups excluding carboxylic acids is 1. The van der Waals surface area contributed by atoms with E-state index in [9.17, 15) is 9.59 Å². The fourth-order valence-corrected chi connectivity index (χ4v) is 5.34. The Hall–Kier alpha value is -2.43. The van der Waals surface area contributed by atoms with Crippen molar-refractivity contribution in [1.29, 1.82) is 0 Å². The first kappa shape index (κ1) is 22.8. The fourth-order valence-electron chi connectivity index (χ4n) is 3.52. The Morgan fingerprint density at radius 1 is 1.38 bits per heavy atom. The molecule has 3 aromatic rings. The molecule has 10 heteroatoms. The summed E-state index contributed by atoms with van der Waals surface area (Å²) in [6.07, 6.45) is 1.77. The molecule has 0 aromatic carbocycles. The smallest absolute Gasteiger partial charge is 0.259 e. The Balaban J connectivity index is 1.32. The van der Waals surface area contributed by atoms with Gasteiger partial charge in [-0.3, -0.25) is 9.59 Å². The van der Waals surface area contributed by atoms with Gasteiger partial charge in [-0.2, -0.15) is 0 Å². The standard InChI is InChI=1S/C22H27N5O3S2/c1-13-14(2)32-22-19(13)21(29)25-17(26-22)12-31-15(3)20(28)24-11-16-4-5-23-18(10-16)27-6-8-30-9-7-27/h4-5,10,15H,6-9,11-12H2,1-3H3,(H,24,28)(H,25,26,29). The van der Waals surface area contributed by atoms with Crippen molar-refractivity contribution >= 4 is 45.0 Å². The van der Waals surface area contributed by atoms with Crippen molar-refractivity contribution in [2.75, 3.05) is 31.2 Å². The third-order valence-electron chi connectivity index (χ3n) is 5.54. The minimum atomic E-state index is -0.275. The SMILES string of the molecule is Cc1sc2nc(CSC(C)C(=O)NCc3ccnc(N4CCOCC4)c3)[nH]c(=O)c2c1C. The van der Waals surface area contributed by atoms with Crippen molar-refractivity contribution in [2.45, 2.75) is 38.3 Å². The Labute approximate surface area is 194 Å². The third kappa shape index (κ3) is 5.13. The second kappa shape index (κ2) is 10.0. The van der Waals surface area contributed by atoms with Crippen LogP contribution in [0.5, 0.6) is 0 Å². The second-order valence-corrected chi connectivity index (χ2v) is 10.3. The van der Waals surface area contributed by atoms with Gasteiger partial charge < -0.3 is 19.9 Å². The number of pyridine rings is 1. The van der Waals surface area contributed by atoms with E-state index in [-0.39, 0.29) is 16.7 Å². The van der Waals surface area contributed by atoms with Gasteiger partial charge in [0.2, 0.25) is 5.91 Å². The average molecular weight is 474 g/mol. The number of aromatic amines is 1. The number of aromatic nitrogens is 3. The van der Waals surface area contributed by atoms with E-state index < -0.39 is 0 Å². The molecule has 1 unspecified atom stereocenters. The van der Waals surface area contributed by atoms with Crippen LogP contribution >= 0.6 is 23.1 Å². The Morgan fingerprint density at radius 2 is 2.16 bits per heavy atom. The first-order valence-corrected chi connectivity index (χ1v) is 12.4. The summed E-state index contributed by atoms with van der Waals surface area (Å²) in [4.78, 5) is 40.9. The Kier molecular flexibility index (Phi) is 7.12. The lowest BCUT2D eigenvalue weighted by Gasteiger charge is -2.28. The number of nitrogens with one attached hydrogen (secondary N) is 2. The van der Waals surface area contributed by atoms with Gasteiger partial charge in [0.1, 0.15) is 16.5 Å². The van der Waals surface area contributed by atoms with Gasteiger partial charge >= 0.3 is 0 Å². The van der Waals surface area contributed by atoms with Crippen LogP contribution in [0.4, 0.5) is 5.82 Å². The van der Waals surface area contributed by atoms with Crippen LogP contribution in [0.25, 0.3) is 10.2 Å². The largest absolute Gasteiger partial charge is 0.378 e. The van der Waals surface area contributed by atoms with Crippen LogP contribution in [0.3, 0.4) is 0 Å². The molecule has 0 spiro atoms. The van der Waals surface area contributed by atoms with Crippen molar-refractivity contribution in [2.24, 2.45) is 0 Å². The van der Waals surface area contributed by atoms with Crippen molar-refractivity contribution in [3.8, 4) is 0 Å². The number of hydrogen-bond acceptors (Lipinski definition) is 8. The summed E-state index contributed by atoms with van der Waals surface area (Å²) in [6, 6.07) is 3.93. The molecule has 32 heavy (non-hydrogen) atoms. The lowest BCUT2D eigenvalue weighted by Crippen LogP contribution is -2.37. The molecule has 1 atom stereocenters. The number of morpholine rings is 1. The predicted octanol–water partition coefficient (Wildman–Crippen LogP) is 2.77. The second-order valence-electron chi connectivity index (χ2n) is 7.77. The molecule has 3 aromatic heterocycles. The molecule has 0 bridgehead atoms. The quantitative estimate of drug-likeness (QED) is 0.544. The molecule has 1 saturated heterocycles.